The fourth-order valence-corrected chi connectivity index (χ4v) is 4.66. The number of fused-ring (bicyclic) bond motifs is 4. The van der Waals surface area contributed by atoms with Crippen LogP contribution in [0.2, 0.25) is 0 Å². The zero-order valence-corrected chi connectivity index (χ0v) is 19.7. The molecule has 0 spiro atoms. The number of carbonyl (C=O) groups excluding carboxylic acids is 3. The molecule has 0 fully saturated rings. The van der Waals surface area contributed by atoms with Gasteiger partial charge in [-0.25, -0.2) is 9.89 Å². The van der Waals surface area contributed by atoms with Crippen LogP contribution < -0.4 is 14.8 Å². The van der Waals surface area contributed by atoms with Gasteiger partial charge in [0, 0.05) is 12.1 Å². The molecule has 0 saturated heterocycles. The lowest BCUT2D eigenvalue weighted by Crippen LogP contribution is -2.42. The highest BCUT2D eigenvalue weighted by Crippen LogP contribution is 2.34. The van der Waals surface area contributed by atoms with Crippen LogP contribution in [0.5, 0.6) is 11.5 Å². The smallest absolute Gasteiger partial charge is 0.316 e. The molecule has 3 aliphatic heterocycles. The highest BCUT2D eigenvalue weighted by atomic mass is 32.2. The molecule has 2 amide bonds. The number of hydrogen-bond acceptors (Lipinski definition) is 9. The van der Waals surface area contributed by atoms with Gasteiger partial charge in [-0.05, 0) is 36.8 Å². The van der Waals surface area contributed by atoms with E-state index in [1.54, 1.807) is 13.0 Å². The first-order chi connectivity index (χ1) is 17.0. The van der Waals surface area contributed by atoms with Crippen LogP contribution in [-0.2, 0) is 25.7 Å². The molecule has 3 heterocycles. The highest BCUT2D eigenvalue weighted by Gasteiger charge is 2.42. The van der Waals surface area contributed by atoms with Gasteiger partial charge in [0.25, 0.3) is 5.91 Å². The third-order valence-corrected chi connectivity index (χ3v) is 6.39. The second-order valence-corrected chi connectivity index (χ2v) is 8.76. The number of ether oxygens (including phenoxy) is 3. The molecule has 0 aliphatic carbocycles. The summed E-state index contributed by atoms with van der Waals surface area (Å²) in [6.45, 7) is 2.46. The number of para-hydroxylation sites is 1. The number of nitrogens with one attached hydrogen (secondary N) is 1. The molecular formula is C24H22N4O6S. The molecule has 0 saturated carbocycles. The average molecular weight is 495 g/mol. The number of carbonyl (C=O) groups is 3. The Morgan fingerprint density at radius 2 is 2.03 bits per heavy atom. The number of aliphatic imine (C=N–C) groups is 2. The standard InChI is InChI=1S/C24H22N4O6S/c1-2-32-21(30)12-35-24-27-16-6-4-3-5-15(16)22-26-17(23(31)28(22)24)10-20(29)25-11-14-7-8-18-19(9-14)34-13-33-18/h3-9,17H,2,10-13H2,1H3,(H,25,29)/t17-/m0/s1. The van der Waals surface area contributed by atoms with Crippen LogP contribution in [-0.4, -0.2) is 58.9 Å². The number of rotatable bonds is 7. The van der Waals surface area contributed by atoms with Gasteiger partial charge in [-0.3, -0.25) is 19.4 Å². The first-order valence-corrected chi connectivity index (χ1v) is 12.1. The van der Waals surface area contributed by atoms with Gasteiger partial charge in [0.1, 0.15) is 11.9 Å². The van der Waals surface area contributed by atoms with Crippen LogP contribution in [0, 0.1) is 0 Å². The molecule has 0 bridgehead atoms. The van der Waals surface area contributed by atoms with Crippen molar-refractivity contribution < 1.29 is 28.6 Å². The molecule has 10 nitrogen and oxygen atoms in total. The Kier molecular flexibility index (Phi) is 6.41. The number of amides is 2. The molecule has 3 aliphatic rings. The molecule has 11 heteroatoms. The summed E-state index contributed by atoms with van der Waals surface area (Å²) in [5, 5.41) is 3.17. The minimum absolute atomic E-state index is 0.00653. The second kappa shape index (κ2) is 9.79. The lowest BCUT2D eigenvalue weighted by atomic mass is 10.1. The SMILES string of the molecule is CCOC(=O)CSC1=Nc2ccccc2C2=N[C@@H](CC(=O)NCc3ccc4c(c3)OCO4)C(=O)N12. The van der Waals surface area contributed by atoms with E-state index in [2.05, 4.69) is 15.3 Å². The lowest BCUT2D eigenvalue weighted by molar-refractivity contribution is -0.139. The van der Waals surface area contributed by atoms with E-state index in [0.29, 0.717) is 33.8 Å². The maximum absolute atomic E-state index is 13.3. The predicted octanol–water partition coefficient (Wildman–Crippen LogP) is 2.38. The summed E-state index contributed by atoms with van der Waals surface area (Å²) >= 11 is 1.10. The van der Waals surface area contributed by atoms with E-state index in [4.69, 9.17) is 14.2 Å². The number of esters is 1. The van der Waals surface area contributed by atoms with Crippen LogP contribution in [0.1, 0.15) is 24.5 Å². The van der Waals surface area contributed by atoms with Crippen LogP contribution in [0.25, 0.3) is 0 Å². The van der Waals surface area contributed by atoms with Crippen molar-refractivity contribution in [1.82, 2.24) is 10.2 Å². The van der Waals surface area contributed by atoms with Gasteiger partial charge in [-0.2, -0.15) is 0 Å². The normalized spacial score (nSPS) is 17.3. The molecule has 180 valence electrons. The summed E-state index contributed by atoms with van der Waals surface area (Å²) in [4.78, 5) is 48.3. The first-order valence-electron chi connectivity index (χ1n) is 11.1. The molecule has 1 N–H and O–H groups in total. The molecule has 0 unspecified atom stereocenters. The van der Waals surface area contributed by atoms with Crippen molar-refractivity contribution in [2.75, 3.05) is 19.2 Å². The predicted molar refractivity (Wildman–Crippen MR) is 129 cm³/mol. The van der Waals surface area contributed by atoms with Crippen LogP contribution in [0.15, 0.2) is 52.4 Å². The van der Waals surface area contributed by atoms with E-state index in [1.807, 2.05) is 36.4 Å². The van der Waals surface area contributed by atoms with E-state index in [0.717, 1.165) is 17.3 Å². The first kappa shape index (κ1) is 22.9. The van der Waals surface area contributed by atoms with Gasteiger partial charge < -0.3 is 19.5 Å². The van der Waals surface area contributed by atoms with Crippen LogP contribution in [0.3, 0.4) is 0 Å². The monoisotopic (exact) mass is 494 g/mol. The molecule has 0 aromatic heterocycles. The van der Waals surface area contributed by atoms with Gasteiger partial charge in [0.15, 0.2) is 16.7 Å². The van der Waals surface area contributed by atoms with Crippen molar-refractivity contribution in [2.24, 2.45) is 9.98 Å². The molecular weight excluding hydrogens is 472 g/mol. The van der Waals surface area contributed by atoms with Crippen molar-refractivity contribution in [3.8, 4) is 11.5 Å². The van der Waals surface area contributed by atoms with Crippen molar-refractivity contribution in [3.63, 3.8) is 0 Å². The zero-order valence-electron chi connectivity index (χ0n) is 18.9. The fourth-order valence-electron chi connectivity index (χ4n) is 3.86. The Hall–Kier alpha value is -3.86. The number of benzene rings is 2. The number of amidine groups is 2. The minimum atomic E-state index is -0.888. The van der Waals surface area contributed by atoms with Crippen molar-refractivity contribution in [1.29, 1.82) is 0 Å². The van der Waals surface area contributed by atoms with E-state index in [1.165, 1.54) is 4.90 Å². The Morgan fingerprint density at radius 1 is 1.20 bits per heavy atom. The summed E-state index contributed by atoms with van der Waals surface area (Å²) in [5.74, 6) is 0.676. The van der Waals surface area contributed by atoms with Crippen LogP contribution >= 0.6 is 11.8 Å². The summed E-state index contributed by atoms with van der Waals surface area (Å²) in [5.41, 5.74) is 2.20. The number of hydrogen-bond donors (Lipinski definition) is 1. The van der Waals surface area contributed by atoms with Crippen LogP contribution in [0.4, 0.5) is 5.69 Å². The van der Waals surface area contributed by atoms with E-state index < -0.39 is 12.0 Å². The van der Waals surface area contributed by atoms with E-state index in [9.17, 15) is 14.4 Å². The number of thioether (sulfide) groups is 1. The summed E-state index contributed by atoms with van der Waals surface area (Å²) in [6, 6.07) is 11.9. The zero-order chi connectivity index (χ0) is 24.4. The molecule has 1 atom stereocenters. The summed E-state index contributed by atoms with van der Waals surface area (Å²) in [7, 11) is 0. The Bertz CT molecular complexity index is 1260. The Balaban J connectivity index is 1.28. The maximum atomic E-state index is 13.3. The molecule has 2 aromatic carbocycles. The third-order valence-electron chi connectivity index (χ3n) is 5.48. The average Bonchev–Trinajstić information content (AvgIpc) is 3.46. The van der Waals surface area contributed by atoms with Crippen molar-refractivity contribution in [2.45, 2.75) is 25.9 Å². The fraction of sp³-hybridized carbons (Fsp3) is 0.292. The second-order valence-electron chi connectivity index (χ2n) is 7.82. The van der Waals surface area contributed by atoms with Gasteiger partial charge in [0.2, 0.25) is 12.7 Å². The summed E-state index contributed by atoms with van der Waals surface area (Å²) in [6.07, 6.45) is -0.110. The molecule has 35 heavy (non-hydrogen) atoms. The molecule has 0 radical (unpaired) electrons. The van der Waals surface area contributed by atoms with E-state index in [-0.39, 0.29) is 43.9 Å². The van der Waals surface area contributed by atoms with Gasteiger partial charge >= 0.3 is 5.97 Å². The minimum Gasteiger partial charge on any atom is -0.465 e. The van der Waals surface area contributed by atoms with E-state index >= 15 is 0 Å². The van der Waals surface area contributed by atoms with Gasteiger partial charge in [-0.15, -0.1) is 0 Å². The van der Waals surface area contributed by atoms with Crippen molar-refractivity contribution >= 4 is 46.2 Å². The largest absolute Gasteiger partial charge is 0.465 e. The Labute approximate surface area is 205 Å². The Morgan fingerprint density at radius 3 is 2.89 bits per heavy atom. The lowest BCUT2D eigenvalue weighted by Gasteiger charge is -2.25. The third kappa shape index (κ3) is 4.72. The quantitative estimate of drug-likeness (QED) is 0.587. The molecule has 2 aromatic rings. The highest BCUT2D eigenvalue weighted by molar-refractivity contribution is 8.14. The summed E-state index contributed by atoms with van der Waals surface area (Å²) < 4.78 is 15.6. The maximum Gasteiger partial charge on any atom is 0.316 e. The number of nitrogens with zero attached hydrogens (tertiary/aromatic N) is 3. The topological polar surface area (TPSA) is 119 Å². The van der Waals surface area contributed by atoms with Gasteiger partial charge in [0.05, 0.1) is 24.5 Å². The van der Waals surface area contributed by atoms with Crippen molar-refractivity contribution in [3.05, 3.63) is 53.6 Å². The van der Waals surface area contributed by atoms with Gasteiger partial charge in [-0.1, -0.05) is 30.0 Å². The molecule has 5 rings (SSSR count).